The van der Waals surface area contributed by atoms with Crippen LogP contribution >= 0.6 is 46.4 Å². The predicted molar refractivity (Wildman–Crippen MR) is 196 cm³/mol. The van der Waals surface area contributed by atoms with E-state index in [1.807, 2.05) is 21.7 Å². The second kappa shape index (κ2) is 14.1. The fourth-order valence-electron chi connectivity index (χ4n) is 6.30. The van der Waals surface area contributed by atoms with E-state index in [0.717, 1.165) is 18.5 Å². The molecule has 0 amide bonds. The molecule has 1 saturated carbocycles. The molecule has 3 aromatic heterocycles. The summed E-state index contributed by atoms with van der Waals surface area (Å²) in [6.45, 7) is 2.74. The second-order valence-corrected chi connectivity index (χ2v) is 14.2. The van der Waals surface area contributed by atoms with E-state index in [1.54, 1.807) is 47.3 Å². The Hall–Kier alpha value is -4.53. The van der Waals surface area contributed by atoms with Gasteiger partial charge in [-0.3, -0.25) is 9.69 Å². The quantitative estimate of drug-likeness (QED) is 0.144. The number of rotatable bonds is 9. The average molecular weight is 783 g/mol. The van der Waals surface area contributed by atoms with Crippen LogP contribution in [0.3, 0.4) is 0 Å². The third-order valence-electron chi connectivity index (χ3n) is 9.15. The molecule has 3 aromatic carbocycles. The Balaban J connectivity index is 0.965. The van der Waals surface area contributed by atoms with Crippen molar-refractivity contribution in [2.45, 2.75) is 32.0 Å². The summed E-state index contributed by atoms with van der Waals surface area (Å²) in [5.41, 5.74) is 2.43. The summed E-state index contributed by atoms with van der Waals surface area (Å²) in [6, 6.07) is 13.4. The van der Waals surface area contributed by atoms with Gasteiger partial charge in [0.1, 0.15) is 23.7 Å². The summed E-state index contributed by atoms with van der Waals surface area (Å²) in [5, 5.41) is 18.2. The van der Waals surface area contributed by atoms with Crippen molar-refractivity contribution >= 4 is 69.0 Å². The highest BCUT2D eigenvalue weighted by Crippen LogP contribution is 2.38. The van der Waals surface area contributed by atoms with Gasteiger partial charge in [0, 0.05) is 50.3 Å². The first-order valence-corrected chi connectivity index (χ1v) is 17.9. The molecule has 0 N–H and O–H groups in total. The lowest BCUT2D eigenvalue weighted by Crippen LogP contribution is -2.46. The van der Waals surface area contributed by atoms with Crippen LogP contribution in [-0.4, -0.2) is 71.6 Å². The van der Waals surface area contributed by atoms with Crippen molar-refractivity contribution in [3.8, 4) is 11.4 Å². The number of carbonyl (C=O) groups is 1. The molecule has 0 radical (unpaired) electrons. The number of halogens is 5. The average Bonchev–Trinajstić information content (AvgIpc) is 3.70. The first-order valence-electron chi connectivity index (χ1n) is 16.4. The van der Waals surface area contributed by atoms with E-state index in [-0.39, 0.29) is 23.6 Å². The number of carbonyl (C=O) groups excluding carboxylic acids is 1. The maximum absolute atomic E-state index is 15.8. The molecule has 4 heterocycles. The maximum atomic E-state index is 15.8. The molecule has 0 unspecified atom stereocenters. The number of ether oxygens (including phenoxy) is 1. The van der Waals surface area contributed by atoms with Crippen molar-refractivity contribution in [2.24, 2.45) is 0 Å². The van der Waals surface area contributed by atoms with Crippen LogP contribution in [0, 0.1) is 5.82 Å². The lowest BCUT2D eigenvalue weighted by atomic mass is 10.1. The molecule has 12 nitrogen and oxygen atoms in total. The van der Waals surface area contributed by atoms with Crippen LogP contribution in [0.5, 0.6) is 0 Å². The van der Waals surface area contributed by atoms with E-state index in [0.29, 0.717) is 81.1 Å². The Labute approximate surface area is 315 Å². The number of piperazine rings is 1. The summed E-state index contributed by atoms with van der Waals surface area (Å²) in [6.07, 6.45) is 6.64. The van der Waals surface area contributed by atoms with Gasteiger partial charge in [-0.05, 0) is 49.2 Å². The molecule has 1 saturated heterocycles. The van der Waals surface area contributed by atoms with Crippen LogP contribution in [0.15, 0.2) is 71.9 Å². The van der Waals surface area contributed by atoms with Crippen LogP contribution in [0.4, 0.5) is 10.1 Å². The monoisotopic (exact) mass is 781 g/mol. The number of pyridine rings is 1. The summed E-state index contributed by atoms with van der Waals surface area (Å²) in [5.74, 6) is -1.38. The van der Waals surface area contributed by atoms with Gasteiger partial charge in [0.15, 0.2) is 0 Å². The van der Waals surface area contributed by atoms with Crippen molar-refractivity contribution in [1.29, 1.82) is 0 Å². The highest BCUT2D eigenvalue weighted by Gasteiger charge is 2.29. The molecule has 266 valence electrons. The fourth-order valence-corrected chi connectivity index (χ4v) is 7.07. The van der Waals surface area contributed by atoms with Crippen molar-refractivity contribution < 1.29 is 13.9 Å². The smallest absolute Gasteiger partial charge is 0.344 e. The zero-order chi connectivity index (χ0) is 36.1. The van der Waals surface area contributed by atoms with Gasteiger partial charge >= 0.3 is 5.97 Å². The highest BCUT2D eigenvalue weighted by atomic mass is 35.5. The minimum Gasteiger partial charge on any atom is -0.455 e. The molecule has 2 aliphatic rings. The Morgan fingerprint density at radius 3 is 2.06 bits per heavy atom. The largest absolute Gasteiger partial charge is 0.455 e. The predicted octanol–water partition coefficient (Wildman–Crippen LogP) is 6.93. The third kappa shape index (κ3) is 6.74. The Morgan fingerprint density at radius 1 is 0.808 bits per heavy atom. The molecule has 6 aromatic rings. The number of hydrogen-bond donors (Lipinski definition) is 0. The van der Waals surface area contributed by atoms with Crippen LogP contribution in [0.1, 0.15) is 40.6 Å². The van der Waals surface area contributed by atoms with E-state index in [9.17, 15) is 9.59 Å². The van der Waals surface area contributed by atoms with E-state index in [1.165, 1.54) is 16.9 Å². The molecule has 17 heteroatoms. The standard InChI is InChI=1S/C35H28Cl4FN9O3/c36-25-3-1-5-28(32(25)38)48-16-20(41-43-48)15-45-9-11-46(12-10-45)31-14-30-23(13-27(31)40)34(50)24(18-47(30)22-7-8-22)35(51)52-19-21-17-49(44-42-21)29-6-2-4-26(37)33(29)39/h1-6,13-14,16-18,22H,7-12,15,19H2. The molecule has 2 fully saturated rings. The van der Waals surface area contributed by atoms with Gasteiger partial charge in [-0.2, -0.15) is 0 Å². The third-order valence-corrected chi connectivity index (χ3v) is 10.8. The van der Waals surface area contributed by atoms with Crippen LogP contribution in [-0.2, 0) is 17.9 Å². The molecule has 0 atom stereocenters. The van der Waals surface area contributed by atoms with Crippen LogP contribution < -0.4 is 10.3 Å². The molecule has 1 aliphatic heterocycles. The summed E-state index contributed by atoms with van der Waals surface area (Å²) in [7, 11) is 0. The fraction of sp³-hybridized carbons (Fsp3) is 0.257. The van der Waals surface area contributed by atoms with E-state index in [2.05, 4.69) is 25.5 Å². The van der Waals surface area contributed by atoms with Crippen molar-refractivity contribution in [2.75, 3.05) is 31.1 Å². The van der Waals surface area contributed by atoms with Gasteiger partial charge in [-0.25, -0.2) is 18.5 Å². The molecule has 1 aliphatic carbocycles. The van der Waals surface area contributed by atoms with E-state index in [4.69, 9.17) is 51.1 Å². The molecule has 0 spiro atoms. The van der Waals surface area contributed by atoms with Crippen molar-refractivity contribution in [3.05, 3.63) is 120 Å². The van der Waals surface area contributed by atoms with E-state index < -0.39 is 17.2 Å². The van der Waals surface area contributed by atoms with Gasteiger partial charge in [-0.15, -0.1) is 10.2 Å². The molecular formula is C35H28Cl4FN9O3. The molecule has 8 rings (SSSR count). The number of esters is 1. The number of benzene rings is 3. The molecule has 52 heavy (non-hydrogen) atoms. The zero-order valence-electron chi connectivity index (χ0n) is 27.2. The minimum absolute atomic E-state index is 0.0855. The second-order valence-electron chi connectivity index (χ2n) is 12.6. The van der Waals surface area contributed by atoms with Gasteiger partial charge in [0.25, 0.3) is 0 Å². The summed E-state index contributed by atoms with van der Waals surface area (Å²) < 4.78 is 26.2. The Kier molecular flexibility index (Phi) is 9.39. The zero-order valence-corrected chi connectivity index (χ0v) is 30.2. The van der Waals surface area contributed by atoms with Crippen LogP contribution in [0.2, 0.25) is 20.1 Å². The van der Waals surface area contributed by atoms with Crippen molar-refractivity contribution in [3.63, 3.8) is 0 Å². The Morgan fingerprint density at radius 2 is 1.42 bits per heavy atom. The van der Waals surface area contributed by atoms with Gasteiger partial charge in [0.05, 0.1) is 60.8 Å². The normalized spacial score (nSPS) is 15.1. The number of hydrogen-bond acceptors (Lipinski definition) is 9. The van der Waals surface area contributed by atoms with Gasteiger partial charge in [-0.1, -0.05) is 69.0 Å². The summed E-state index contributed by atoms with van der Waals surface area (Å²) >= 11 is 24.9. The lowest BCUT2D eigenvalue weighted by molar-refractivity contribution is 0.0465. The number of nitrogens with zero attached hydrogens (tertiary/aromatic N) is 9. The van der Waals surface area contributed by atoms with Gasteiger partial charge < -0.3 is 14.2 Å². The topological polar surface area (TPSA) is 116 Å². The highest BCUT2D eigenvalue weighted by molar-refractivity contribution is 6.43. The summed E-state index contributed by atoms with van der Waals surface area (Å²) in [4.78, 5) is 31.1. The minimum atomic E-state index is -0.840. The van der Waals surface area contributed by atoms with Gasteiger partial charge in [0.2, 0.25) is 5.43 Å². The van der Waals surface area contributed by atoms with Crippen molar-refractivity contribution in [1.82, 2.24) is 39.5 Å². The molecular weight excluding hydrogens is 755 g/mol. The first-order chi connectivity index (χ1) is 25.1. The molecule has 0 bridgehead atoms. The van der Waals surface area contributed by atoms with Crippen LogP contribution in [0.25, 0.3) is 22.3 Å². The Bertz CT molecular complexity index is 2400. The lowest BCUT2D eigenvalue weighted by Gasteiger charge is -2.36. The SMILES string of the molecule is O=C(OCc1cn(-c2cccc(Cl)c2Cl)nn1)c1cn(C2CC2)c2cc(N3CCN(Cc4cn(-c5cccc(Cl)c5Cl)nn4)CC3)c(F)cc2c1=O. The van der Waals surface area contributed by atoms with E-state index >= 15 is 4.39 Å². The number of fused-ring (bicyclic) bond motifs is 1. The number of aromatic nitrogens is 7. The maximum Gasteiger partial charge on any atom is 0.344 e. The first kappa shape index (κ1) is 34.6. The number of anilines is 1.